The smallest absolute Gasteiger partial charge is 0.410 e. The Hall–Kier alpha value is -2.88. The molecule has 2 heterocycles. The second-order valence-electron chi connectivity index (χ2n) is 10.6. The number of carbonyl (C=O) groups excluding carboxylic acids is 2. The third-order valence-electron chi connectivity index (χ3n) is 6.55. The van der Waals surface area contributed by atoms with Gasteiger partial charge in [0.25, 0.3) is 5.91 Å². The minimum atomic E-state index is -1.01. The Morgan fingerprint density at radius 1 is 1.15 bits per heavy atom. The van der Waals surface area contributed by atoms with Gasteiger partial charge in [-0.15, -0.1) is 0 Å². The topological polar surface area (TPSA) is 86.3 Å². The van der Waals surface area contributed by atoms with Gasteiger partial charge in [0.15, 0.2) is 5.11 Å². The molecule has 0 saturated carbocycles. The third kappa shape index (κ3) is 7.01. The summed E-state index contributed by atoms with van der Waals surface area (Å²) >= 11 is 18.5. The molecule has 0 aromatic heterocycles. The van der Waals surface area contributed by atoms with E-state index < -0.39 is 11.8 Å². The number of hydrogen-bond donors (Lipinski definition) is 2. The van der Waals surface area contributed by atoms with Crippen LogP contribution in [-0.4, -0.2) is 65.7 Å². The van der Waals surface area contributed by atoms with E-state index in [1.165, 1.54) is 4.90 Å². The van der Waals surface area contributed by atoms with Crippen LogP contribution in [0.25, 0.3) is 0 Å². The van der Waals surface area contributed by atoms with Crippen LogP contribution in [0.15, 0.2) is 47.5 Å². The highest BCUT2D eigenvalue weighted by atomic mass is 35.5. The molecule has 0 aliphatic carbocycles. The van der Waals surface area contributed by atoms with E-state index in [9.17, 15) is 9.59 Å². The van der Waals surface area contributed by atoms with Crippen LogP contribution in [0.1, 0.15) is 51.2 Å². The average molecular weight is 591 g/mol. The van der Waals surface area contributed by atoms with E-state index in [0.717, 1.165) is 19.3 Å². The summed E-state index contributed by atoms with van der Waals surface area (Å²) in [4.78, 5) is 34.4. The zero-order valence-electron chi connectivity index (χ0n) is 22.5. The van der Waals surface area contributed by atoms with Gasteiger partial charge in [-0.25, -0.2) is 9.79 Å². The number of amides is 2. The number of likely N-dealkylation sites (N-methyl/N-ethyl adjacent to an activating group) is 1. The van der Waals surface area contributed by atoms with Gasteiger partial charge in [-0.05, 0) is 76.5 Å². The number of anilines is 1. The predicted molar refractivity (Wildman–Crippen MR) is 160 cm³/mol. The lowest BCUT2D eigenvalue weighted by Crippen LogP contribution is -2.54. The molecule has 8 nitrogen and oxygen atoms in total. The van der Waals surface area contributed by atoms with Gasteiger partial charge >= 0.3 is 6.09 Å². The van der Waals surface area contributed by atoms with Gasteiger partial charge < -0.3 is 25.2 Å². The lowest BCUT2D eigenvalue weighted by Gasteiger charge is -2.37. The summed E-state index contributed by atoms with van der Waals surface area (Å²) in [5.41, 5.74) is 1.96. The first-order valence-corrected chi connectivity index (χ1v) is 14.0. The molecule has 208 valence electrons. The van der Waals surface area contributed by atoms with Crippen molar-refractivity contribution in [1.82, 2.24) is 15.5 Å². The SMILES string of the molecule is CN1C(=O)C(NC(=S)NCC2CCCCN2C(=O)OC(C)(C)C)N=C(c2ccccc2Cl)c2cc(Cl)ccc21. The normalized spacial score (nSPS) is 19.5. The first kappa shape index (κ1) is 29.1. The summed E-state index contributed by atoms with van der Waals surface area (Å²) in [5.74, 6) is -0.294. The Kier molecular flexibility index (Phi) is 9.03. The number of thiocarbonyl (C=S) groups is 1. The molecule has 2 atom stereocenters. The number of benzodiazepines with no additional fused rings is 1. The summed E-state index contributed by atoms with van der Waals surface area (Å²) in [5, 5.41) is 7.51. The molecule has 2 aromatic rings. The number of hydrogen-bond acceptors (Lipinski definition) is 5. The number of nitrogens with one attached hydrogen (secondary N) is 2. The zero-order chi connectivity index (χ0) is 28.3. The van der Waals surface area contributed by atoms with E-state index >= 15 is 0 Å². The van der Waals surface area contributed by atoms with E-state index in [1.807, 2.05) is 39.0 Å². The molecule has 2 aliphatic rings. The summed E-state index contributed by atoms with van der Waals surface area (Å²) in [6.45, 7) is 6.60. The van der Waals surface area contributed by atoms with Crippen molar-refractivity contribution in [3.05, 3.63) is 63.6 Å². The molecule has 11 heteroatoms. The molecule has 1 saturated heterocycles. The highest BCUT2D eigenvalue weighted by Gasteiger charge is 2.33. The lowest BCUT2D eigenvalue weighted by atomic mass is 10.00. The largest absolute Gasteiger partial charge is 0.444 e. The standard InChI is InChI=1S/C28H33Cl2N5O3S/c1-28(2,3)38-27(37)35-14-8-7-9-18(35)16-31-26(39)33-24-25(36)34(4)22-13-12-17(29)15-20(22)23(32-24)19-10-5-6-11-21(19)30/h5-6,10-13,15,18,24H,7-9,14,16H2,1-4H3,(H2,31,33,39). The maximum atomic E-state index is 13.5. The fourth-order valence-electron chi connectivity index (χ4n) is 4.67. The van der Waals surface area contributed by atoms with Crippen LogP contribution in [0, 0.1) is 0 Å². The van der Waals surface area contributed by atoms with Crippen molar-refractivity contribution in [2.45, 2.75) is 57.8 Å². The molecular formula is C28H33Cl2N5O3S. The maximum absolute atomic E-state index is 13.5. The fraction of sp³-hybridized carbons (Fsp3) is 0.429. The summed E-state index contributed by atoms with van der Waals surface area (Å²) < 4.78 is 5.60. The molecule has 2 unspecified atom stereocenters. The monoisotopic (exact) mass is 589 g/mol. The molecule has 2 amide bonds. The van der Waals surface area contributed by atoms with Crippen molar-refractivity contribution in [3.8, 4) is 0 Å². The number of piperidine rings is 1. The first-order chi connectivity index (χ1) is 18.4. The number of nitrogens with zero attached hydrogens (tertiary/aromatic N) is 3. The molecule has 2 aliphatic heterocycles. The quantitative estimate of drug-likeness (QED) is 0.465. The zero-order valence-corrected chi connectivity index (χ0v) is 24.8. The fourth-order valence-corrected chi connectivity index (χ4v) is 5.26. The predicted octanol–water partition coefficient (Wildman–Crippen LogP) is 5.39. The number of halogens is 2. The Labute approximate surface area is 244 Å². The van der Waals surface area contributed by atoms with Crippen LogP contribution in [0.5, 0.6) is 0 Å². The van der Waals surface area contributed by atoms with Gasteiger partial charge in [0, 0.05) is 41.3 Å². The van der Waals surface area contributed by atoms with Crippen LogP contribution in [0.4, 0.5) is 10.5 Å². The minimum absolute atomic E-state index is 0.0885. The van der Waals surface area contributed by atoms with E-state index in [4.69, 9.17) is 45.1 Å². The second kappa shape index (κ2) is 12.1. The van der Waals surface area contributed by atoms with Crippen LogP contribution < -0.4 is 15.5 Å². The molecule has 1 fully saturated rings. The van der Waals surface area contributed by atoms with Crippen molar-refractivity contribution in [3.63, 3.8) is 0 Å². The number of rotatable bonds is 4. The Morgan fingerprint density at radius 3 is 2.62 bits per heavy atom. The van der Waals surface area contributed by atoms with Gasteiger partial charge in [-0.2, -0.15) is 0 Å². The Morgan fingerprint density at radius 2 is 1.90 bits per heavy atom. The summed E-state index contributed by atoms with van der Waals surface area (Å²) in [6, 6.07) is 12.5. The average Bonchev–Trinajstić information content (AvgIpc) is 2.97. The van der Waals surface area contributed by atoms with Gasteiger partial charge in [0.05, 0.1) is 17.4 Å². The first-order valence-electron chi connectivity index (χ1n) is 12.9. The molecule has 39 heavy (non-hydrogen) atoms. The summed E-state index contributed by atoms with van der Waals surface area (Å²) in [7, 11) is 1.69. The van der Waals surface area contributed by atoms with Crippen molar-refractivity contribution >= 4 is 63.9 Å². The number of fused-ring (bicyclic) bond motifs is 1. The maximum Gasteiger partial charge on any atom is 0.410 e. The van der Waals surface area contributed by atoms with Crippen molar-refractivity contribution in [2.75, 3.05) is 25.0 Å². The lowest BCUT2D eigenvalue weighted by molar-refractivity contribution is -0.119. The van der Waals surface area contributed by atoms with Crippen LogP contribution in [-0.2, 0) is 9.53 Å². The van der Waals surface area contributed by atoms with Gasteiger partial charge in [0.1, 0.15) is 5.60 Å². The highest BCUT2D eigenvalue weighted by Crippen LogP contribution is 2.32. The molecule has 0 bridgehead atoms. The van der Waals surface area contributed by atoms with Crippen molar-refractivity contribution in [2.24, 2.45) is 4.99 Å². The Bertz CT molecular complexity index is 1300. The number of aliphatic imine (C=N–C) groups is 1. The van der Waals surface area contributed by atoms with E-state index in [-0.39, 0.29) is 23.2 Å². The van der Waals surface area contributed by atoms with Crippen LogP contribution in [0.3, 0.4) is 0 Å². The number of carbonyl (C=O) groups is 2. The van der Waals surface area contributed by atoms with Crippen molar-refractivity contribution in [1.29, 1.82) is 0 Å². The molecular weight excluding hydrogens is 557 g/mol. The van der Waals surface area contributed by atoms with Crippen LogP contribution in [0.2, 0.25) is 10.0 Å². The molecule has 4 rings (SSSR count). The minimum Gasteiger partial charge on any atom is -0.444 e. The number of benzene rings is 2. The van der Waals surface area contributed by atoms with Crippen molar-refractivity contribution < 1.29 is 14.3 Å². The van der Waals surface area contributed by atoms with E-state index in [0.29, 0.717) is 45.7 Å². The van der Waals surface area contributed by atoms with Gasteiger partial charge in [0.2, 0.25) is 6.17 Å². The summed E-state index contributed by atoms with van der Waals surface area (Å²) in [6.07, 6.45) is 1.40. The number of ether oxygens (including phenoxy) is 1. The van der Waals surface area contributed by atoms with Gasteiger partial charge in [-0.3, -0.25) is 4.79 Å². The molecule has 2 N–H and O–H groups in total. The highest BCUT2D eigenvalue weighted by molar-refractivity contribution is 7.80. The Balaban J connectivity index is 1.55. The second-order valence-corrected chi connectivity index (χ2v) is 11.8. The third-order valence-corrected chi connectivity index (χ3v) is 7.37. The van der Waals surface area contributed by atoms with Gasteiger partial charge in [-0.1, -0.05) is 41.4 Å². The van der Waals surface area contributed by atoms with E-state index in [2.05, 4.69) is 10.6 Å². The van der Waals surface area contributed by atoms with E-state index in [1.54, 1.807) is 36.2 Å². The molecule has 0 radical (unpaired) electrons. The molecule has 0 spiro atoms. The molecule has 2 aromatic carbocycles. The van der Waals surface area contributed by atoms with Crippen LogP contribution >= 0.6 is 35.4 Å². The number of likely N-dealkylation sites (tertiary alicyclic amines) is 1.